The van der Waals surface area contributed by atoms with Gasteiger partial charge in [-0.05, 0) is 12.8 Å². The van der Waals surface area contributed by atoms with Crippen molar-refractivity contribution in [2.45, 2.75) is 13.8 Å². The maximum atomic E-state index is 11.1. The number of rotatable bonds is 1. The van der Waals surface area contributed by atoms with E-state index in [1.165, 1.54) is 0 Å². The van der Waals surface area contributed by atoms with Crippen LogP contribution in [-0.2, 0) is 4.79 Å². The van der Waals surface area contributed by atoms with Crippen molar-refractivity contribution in [1.29, 1.82) is 0 Å². The van der Waals surface area contributed by atoms with Gasteiger partial charge in [-0.3, -0.25) is 4.79 Å². The van der Waals surface area contributed by atoms with Crippen molar-refractivity contribution in [1.82, 2.24) is 5.32 Å². The van der Waals surface area contributed by atoms with Crippen LogP contribution in [-0.4, -0.2) is 24.2 Å². The van der Waals surface area contributed by atoms with E-state index in [1.807, 2.05) is 6.92 Å². The molecule has 0 aromatic rings. The molecule has 3 nitrogen and oxygen atoms in total. The quantitative estimate of drug-likeness (QED) is 0.532. The van der Waals surface area contributed by atoms with Gasteiger partial charge in [0.15, 0.2) is 0 Å². The molecule has 1 heterocycles. The van der Waals surface area contributed by atoms with Gasteiger partial charge in [-0.2, -0.15) is 0 Å². The van der Waals surface area contributed by atoms with Gasteiger partial charge in [0.2, 0.25) is 5.91 Å². The number of aliphatic hydroxyl groups excluding tert-OH is 1. The normalized spacial score (nSPS) is 39.9. The predicted molar refractivity (Wildman–Crippen MR) is 37.4 cm³/mol. The Bertz CT molecular complexity index is 158. The standard InChI is InChI=1S/C7H13NO2/c1-5-3-8-6(10)7(5,2)4-9/h5,9H,3-4H2,1-2H3,(H,8,10). The third-order valence-electron chi connectivity index (χ3n) is 2.50. The SMILES string of the molecule is CC1CNC(=O)C1(C)CO. The molecule has 1 aliphatic rings. The summed E-state index contributed by atoms with van der Waals surface area (Å²) in [5.41, 5.74) is -0.542. The summed E-state index contributed by atoms with van der Waals surface area (Å²) in [4.78, 5) is 11.1. The van der Waals surface area contributed by atoms with Crippen molar-refractivity contribution in [2.75, 3.05) is 13.2 Å². The molecule has 0 aromatic carbocycles. The van der Waals surface area contributed by atoms with Gasteiger partial charge in [-0.25, -0.2) is 0 Å². The summed E-state index contributed by atoms with van der Waals surface area (Å²) in [6.07, 6.45) is 0. The highest BCUT2D eigenvalue weighted by Crippen LogP contribution is 2.30. The summed E-state index contributed by atoms with van der Waals surface area (Å²) >= 11 is 0. The molecule has 58 valence electrons. The van der Waals surface area contributed by atoms with Gasteiger partial charge < -0.3 is 10.4 Å². The highest BCUT2D eigenvalue weighted by molar-refractivity contribution is 5.84. The minimum Gasteiger partial charge on any atom is -0.395 e. The van der Waals surface area contributed by atoms with Crippen molar-refractivity contribution in [3.63, 3.8) is 0 Å². The summed E-state index contributed by atoms with van der Waals surface area (Å²) < 4.78 is 0. The van der Waals surface area contributed by atoms with E-state index in [2.05, 4.69) is 5.32 Å². The summed E-state index contributed by atoms with van der Waals surface area (Å²) in [6.45, 7) is 4.39. The number of aliphatic hydroxyl groups is 1. The Morgan fingerprint density at radius 1 is 1.90 bits per heavy atom. The van der Waals surface area contributed by atoms with Gasteiger partial charge in [0.05, 0.1) is 12.0 Å². The first-order valence-corrected chi connectivity index (χ1v) is 3.50. The molecule has 0 radical (unpaired) electrons. The summed E-state index contributed by atoms with van der Waals surface area (Å²) in [6, 6.07) is 0. The Kier molecular flexibility index (Phi) is 1.68. The van der Waals surface area contributed by atoms with Crippen LogP contribution in [0, 0.1) is 11.3 Å². The van der Waals surface area contributed by atoms with E-state index < -0.39 is 5.41 Å². The molecule has 2 atom stereocenters. The van der Waals surface area contributed by atoms with Gasteiger partial charge in [0.1, 0.15) is 0 Å². The summed E-state index contributed by atoms with van der Waals surface area (Å²) in [5.74, 6) is 0.215. The fraction of sp³-hybridized carbons (Fsp3) is 0.857. The molecule has 0 aliphatic carbocycles. The topological polar surface area (TPSA) is 49.3 Å². The maximum Gasteiger partial charge on any atom is 0.228 e. The lowest BCUT2D eigenvalue weighted by molar-refractivity contribution is -0.129. The fourth-order valence-corrected chi connectivity index (χ4v) is 1.12. The Morgan fingerprint density at radius 2 is 2.50 bits per heavy atom. The van der Waals surface area contributed by atoms with Crippen LogP contribution >= 0.6 is 0 Å². The molecule has 0 bridgehead atoms. The zero-order chi connectivity index (χ0) is 7.78. The molecule has 0 spiro atoms. The van der Waals surface area contributed by atoms with Crippen LogP contribution in [0.15, 0.2) is 0 Å². The summed E-state index contributed by atoms with van der Waals surface area (Å²) in [7, 11) is 0. The Balaban J connectivity index is 2.80. The van der Waals surface area contributed by atoms with Crippen LogP contribution < -0.4 is 5.32 Å². The van der Waals surface area contributed by atoms with E-state index in [0.717, 1.165) is 0 Å². The van der Waals surface area contributed by atoms with Crippen molar-refractivity contribution < 1.29 is 9.90 Å². The van der Waals surface area contributed by atoms with Crippen LogP contribution in [0.2, 0.25) is 0 Å². The highest BCUT2D eigenvalue weighted by atomic mass is 16.3. The average molecular weight is 143 g/mol. The third-order valence-corrected chi connectivity index (χ3v) is 2.50. The van der Waals surface area contributed by atoms with Gasteiger partial charge in [0.25, 0.3) is 0 Å². The van der Waals surface area contributed by atoms with E-state index in [-0.39, 0.29) is 18.4 Å². The molecule has 0 saturated carbocycles. The molecule has 1 fully saturated rings. The molecular formula is C7H13NO2. The second-order valence-electron chi connectivity index (χ2n) is 3.19. The Labute approximate surface area is 60.4 Å². The van der Waals surface area contributed by atoms with Crippen molar-refractivity contribution >= 4 is 5.91 Å². The summed E-state index contributed by atoms with van der Waals surface area (Å²) in [5, 5.41) is 11.6. The zero-order valence-electron chi connectivity index (χ0n) is 6.35. The van der Waals surface area contributed by atoms with E-state index in [0.29, 0.717) is 6.54 Å². The molecule has 10 heavy (non-hydrogen) atoms. The second kappa shape index (κ2) is 2.23. The van der Waals surface area contributed by atoms with E-state index in [1.54, 1.807) is 6.92 Å². The van der Waals surface area contributed by atoms with E-state index in [4.69, 9.17) is 5.11 Å². The highest BCUT2D eigenvalue weighted by Gasteiger charge is 2.43. The van der Waals surface area contributed by atoms with Gasteiger partial charge in [0, 0.05) is 6.54 Å². The minimum atomic E-state index is -0.542. The molecular weight excluding hydrogens is 130 g/mol. The van der Waals surface area contributed by atoms with Gasteiger partial charge >= 0.3 is 0 Å². The zero-order valence-corrected chi connectivity index (χ0v) is 6.35. The Morgan fingerprint density at radius 3 is 2.70 bits per heavy atom. The van der Waals surface area contributed by atoms with E-state index in [9.17, 15) is 4.79 Å². The molecule has 3 heteroatoms. The molecule has 1 aliphatic heterocycles. The van der Waals surface area contributed by atoms with Crippen LogP contribution in [0.1, 0.15) is 13.8 Å². The molecule has 1 amide bonds. The Hall–Kier alpha value is -0.570. The number of hydrogen-bond acceptors (Lipinski definition) is 2. The van der Waals surface area contributed by atoms with Crippen molar-refractivity contribution in [2.24, 2.45) is 11.3 Å². The first-order valence-electron chi connectivity index (χ1n) is 3.50. The third kappa shape index (κ3) is 0.814. The van der Waals surface area contributed by atoms with Crippen molar-refractivity contribution in [3.8, 4) is 0 Å². The minimum absolute atomic E-state index is 0.0255. The maximum absolute atomic E-state index is 11.1. The lowest BCUT2D eigenvalue weighted by atomic mass is 9.81. The van der Waals surface area contributed by atoms with Crippen LogP contribution in [0.4, 0.5) is 0 Å². The molecule has 2 unspecified atom stereocenters. The van der Waals surface area contributed by atoms with Crippen molar-refractivity contribution in [3.05, 3.63) is 0 Å². The smallest absolute Gasteiger partial charge is 0.228 e. The number of carbonyl (C=O) groups is 1. The van der Waals surface area contributed by atoms with Gasteiger partial charge in [-0.1, -0.05) is 6.92 Å². The monoisotopic (exact) mass is 143 g/mol. The first-order chi connectivity index (χ1) is 4.61. The second-order valence-corrected chi connectivity index (χ2v) is 3.19. The predicted octanol–water partition coefficient (Wildman–Crippen LogP) is -0.249. The number of amides is 1. The fourth-order valence-electron chi connectivity index (χ4n) is 1.12. The van der Waals surface area contributed by atoms with Crippen LogP contribution in [0.3, 0.4) is 0 Å². The van der Waals surface area contributed by atoms with Crippen LogP contribution in [0.5, 0.6) is 0 Å². The first kappa shape index (κ1) is 7.54. The largest absolute Gasteiger partial charge is 0.395 e. The average Bonchev–Trinajstić information content (AvgIpc) is 2.18. The number of hydrogen-bond donors (Lipinski definition) is 2. The number of carbonyl (C=O) groups excluding carboxylic acids is 1. The van der Waals surface area contributed by atoms with Gasteiger partial charge in [-0.15, -0.1) is 0 Å². The number of nitrogens with one attached hydrogen (secondary N) is 1. The molecule has 0 aromatic heterocycles. The lowest BCUT2D eigenvalue weighted by Gasteiger charge is -2.21. The molecule has 2 N–H and O–H groups in total. The molecule has 1 saturated heterocycles. The van der Waals surface area contributed by atoms with E-state index >= 15 is 0 Å². The van der Waals surface area contributed by atoms with Crippen LogP contribution in [0.25, 0.3) is 0 Å². The lowest BCUT2D eigenvalue weighted by Crippen LogP contribution is -2.34. The molecule has 1 rings (SSSR count).